The Morgan fingerprint density at radius 1 is 1.12 bits per heavy atom. The highest BCUT2D eigenvalue weighted by molar-refractivity contribution is 7.90. The molecule has 13 heteroatoms. The summed E-state index contributed by atoms with van der Waals surface area (Å²) in [5.74, 6) is 1.26. The number of hydrogen-bond acceptors (Lipinski definition) is 12. The zero-order valence-corrected chi connectivity index (χ0v) is 24.3. The largest absolute Gasteiger partial charge is 0.390 e. The second-order valence-corrected chi connectivity index (χ2v) is 14.7. The highest BCUT2D eigenvalue weighted by atomic mass is 32.2. The van der Waals surface area contributed by atoms with Crippen molar-refractivity contribution in [3.05, 3.63) is 23.7 Å². The van der Waals surface area contributed by atoms with E-state index in [4.69, 9.17) is 19.7 Å². The van der Waals surface area contributed by atoms with Gasteiger partial charge in [-0.3, -0.25) is 4.98 Å². The fourth-order valence-electron chi connectivity index (χ4n) is 5.42. The summed E-state index contributed by atoms with van der Waals surface area (Å²) in [6.07, 6.45) is 5.67. The van der Waals surface area contributed by atoms with Crippen LogP contribution in [0.15, 0.2) is 12.3 Å². The fourth-order valence-corrected chi connectivity index (χ4v) is 7.60. The number of sulfone groups is 1. The van der Waals surface area contributed by atoms with Crippen molar-refractivity contribution in [2.75, 3.05) is 42.4 Å². The summed E-state index contributed by atoms with van der Waals surface area (Å²) in [5, 5.41) is 28.8. The van der Waals surface area contributed by atoms with E-state index in [9.17, 15) is 18.6 Å². The molecule has 3 aliphatic rings. The van der Waals surface area contributed by atoms with E-state index < -0.39 is 34.0 Å². The summed E-state index contributed by atoms with van der Waals surface area (Å²) < 4.78 is 30.6. The lowest BCUT2D eigenvalue weighted by atomic mass is 10.1. The molecular formula is C27H36N6O5S2. The van der Waals surface area contributed by atoms with Crippen molar-refractivity contribution in [1.29, 1.82) is 0 Å². The van der Waals surface area contributed by atoms with Crippen LogP contribution >= 0.6 is 11.3 Å². The molecule has 40 heavy (non-hydrogen) atoms. The van der Waals surface area contributed by atoms with Crippen LogP contribution in [0, 0.1) is 18.8 Å². The third kappa shape index (κ3) is 6.23. The quantitative estimate of drug-likeness (QED) is 0.230. The molecule has 0 aliphatic heterocycles. The summed E-state index contributed by atoms with van der Waals surface area (Å²) in [5.41, 5.74) is 3.34. The number of fused-ring (bicyclic) bond motifs is 1. The highest BCUT2D eigenvalue weighted by Crippen LogP contribution is 2.44. The normalized spacial score (nSPS) is 25.0. The molecule has 0 bridgehead atoms. The number of thiazole rings is 1. The van der Waals surface area contributed by atoms with E-state index in [1.54, 1.807) is 11.3 Å². The van der Waals surface area contributed by atoms with Crippen LogP contribution in [0.25, 0.3) is 20.8 Å². The first-order valence-corrected chi connectivity index (χ1v) is 16.8. The SMILES string of the molecule is Cc1nc(NCCOCC2CC2)nc(NC2C[C@H](CS(C)(=O)=O)[C@@H](O)[C@H]2O)c1-c1nc2c(C3CC3)nccc2s1. The molecule has 3 fully saturated rings. The number of nitrogens with zero attached hydrogens (tertiary/aromatic N) is 4. The van der Waals surface area contributed by atoms with Gasteiger partial charge in [0.1, 0.15) is 32.3 Å². The molecule has 3 aromatic heterocycles. The first-order valence-electron chi connectivity index (χ1n) is 13.9. The second-order valence-electron chi connectivity index (χ2n) is 11.5. The predicted molar refractivity (Wildman–Crippen MR) is 154 cm³/mol. The maximum absolute atomic E-state index is 11.9. The van der Waals surface area contributed by atoms with Crippen LogP contribution in [-0.4, -0.2) is 88.6 Å². The number of ether oxygens (including phenoxy) is 1. The third-order valence-electron chi connectivity index (χ3n) is 7.82. The van der Waals surface area contributed by atoms with Crippen LogP contribution in [0.1, 0.15) is 49.4 Å². The standard InChI is InChI=1S/C27H36N6O5S2/c1-14-20(26-32-22-19(39-26)7-8-28-21(22)16-5-6-16)25(33-27(30-14)29-9-10-38-12-15-3-4-15)31-18-11-17(13-40(2,36)37)23(34)24(18)35/h7-8,15-18,23-24,34-35H,3-6,9-13H2,1-2H3,(H2,29,30,31,33)/t17-,18?,23-,24+/m1/s1. The molecule has 11 nitrogen and oxygen atoms in total. The van der Waals surface area contributed by atoms with E-state index in [2.05, 4.69) is 15.6 Å². The van der Waals surface area contributed by atoms with E-state index in [0.717, 1.165) is 46.6 Å². The molecule has 3 heterocycles. The Morgan fingerprint density at radius 3 is 2.65 bits per heavy atom. The maximum atomic E-state index is 11.9. The molecule has 0 amide bonds. The third-order valence-corrected chi connectivity index (χ3v) is 9.90. The minimum atomic E-state index is -3.32. The Balaban J connectivity index is 1.30. The molecule has 0 radical (unpaired) electrons. The number of aryl methyl sites for hydroxylation is 1. The number of rotatable bonds is 12. The van der Waals surface area contributed by atoms with E-state index in [0.29, 0.717) is 48.0 Å². The Kier molecular flexibility index (Phi) is 7.68. The average molecular weight is 589 g/mol. The lowest BCUT2D eigenvalue weighted by Crippen LogP contribution is -2.36. The average Bonchev–Trinajstić information content (AvgIpc) is 3.82. The number of aromatic nitrogens is 4. The molecule has 3 saturated carbocycles. The van der Waals surface area contributed by atoms with Crippen LogP contribution in [0.5, 0.6) is 0 Å². The van der Waals surface area contributed by atoms with Gasteiger partial charge in [0.15, 0.2) is 0 Å². The van der Waals surface area contributed by atoms with Gasteiger partial charge in [-0.25, -0.2) is 18.4 Å². The molecule has 6 rings (SSSR count). The number of aliphatic hydroxyl groups is 2. The number of pyridine rings is 1. The molecule has 4 atom stereocenters. The van der Waals surface area contributed by atoms with Gasteiger partial charge in [-0.2, -0.15) is 4.98 Å². The topological polar surface area (TPSA) is 159 Å². The molecular weight excluding hydrogens is 552 g/mol. The van der Waals surface area contributed by atoms with Gasteiger partial charge < -0.3 is 25.6 Å². The summed E-state index contributed by atoms with van der Waals surface area (Å²) >= 11 is 1.54. The van der Waals surface area contributed by atoms with Crippen LogP contribution in [0.4, 0.5) is 11.8 Å². The Hall–Kier alpha value is -2.45. The van der Waals surface area contributed by atoms with Crippen LogP contribution in [-0.2, 0) is 14.6 Å². The highest BCUT2D eigenvalue weighted by Gasteiger charge is 2.43. The van der Waals surface area contributed by atoms with Gasteiger partial charge in [0, 0.05) is 37.4 Å². The molecule has 1 unspecified atom stereocenters. The van der Waals surface area contributed by atoms with Gasteiger partial charge in [-0.05, 0) is 51.0 Å². The Morgan fingerprint density at radius 2 is 1.93 bits per heavy atom. The first-order chi connectivity index (χ1) is 19.2. The summed E-state index contributed by atoms with van der Waals surface area (Å²) in [6, 6.07) is 1.37. The lowest BCUT2D eigenvalue weighted by molar-refractivity contribution is 0.0216. The molecule has 0 saturated heterocycles. The molecule has 0 spiro atoms. The monoisotopic (exact) mass is 588 g/mol. The first kappa shape index (κ1) is 27.7. The molecule has 0 aromatic carbocycles. The summed E-state index contributed by atoms with van der Waals surface area (Å²) in [6.45, 7) is 3.76. The van der Waals surface area contributed by atoms with Crippen molar-refractivity contribution in [2.24, 2.45) is 11.8 Å². The van der Waals surface area contributed by atoms with Gasteiger partial charge in [-0.15, -0.1) is 11.3 Å². The van der Waals surface area contributed by atoms with Gasteiger partial charge in [0.25, 0.3) is 0 Å². The zero-order valence-electron chi connectivity index (χ0n) is 22.7. The second kappa shape index (κ2) is 11.1. The predicted octanol–water partition coefficient (Wildman–Crippen LogP) is 2.74. The van der Waals surface area contributed by atoms with Crippen molar-refractivity contribution in [3.8, 4) is 10.6 Å². The van der Waals surface area contributed by atoms with Crippen molar-refractivity contribution in [1.82, 2.24) is 19.9 Å². The molecule has 4 N–H and O–H groups in total. The number of hydrogen-bond donors (Lipinski definition) is 4. The Bertz CT molecular complexity index is 1490. The van der Waals surface area contributed by atoms with E-state index in [-0.39, 0.29) is 12.2 Å². The van der Waals surface area contributed by atoms with Crippen LogP contribution in [0.2, 0.25) is 0 Å². The van der Waals surface area contributed by atoms with E-state index in [1.165, 1.54) is 12.8 Å². The smallest absolute Gasteiger partial charge is 0.224 e. The van der Waals surface area contributed by atoms with E-state index in [1.807, 2.05) is 19.2 Å². The van der Waals surface area contributed by atoms with Crippen LogP contribution < -0.4 is 10.6 Å². The van der Waals surface area contributed by atoms with Crippen molar-refractivity contribution >= 4 is 43.2 Å². The van der Waals surface area contributed by atoms with E-state index >= 15 is 0 Å². The minimum absolute atomic E-state index is 0.193. The lowest BCUT2D eigenvalue weighted by Gasteiger charge is -2.21. The molecule has 216 valence electrons. The van der Waals surface area contributed by atoms with Crippen molar-refractivity contribution in [2.45, 2.75) is 63.2 Å². The van der Waals surface area contributed by atoms with Crippen LogP contribution in [0.3, 0.4) is 0 Å². The Labute approximate surface area is 237 Å². The van der Waals surface area contributed by atoms with Crippen molar-refractivity contribution in [3.63, 3.8) is 0 Å². The van der Waals surface area contributed by atoms with Gasteiger partial charge in [-0.1, -0.05) is 0 Å². The zero-order chi connectivity index (χ0) is 28.0. The summed E-state index contributed by atoms with van der Waals surface area (Å²) in [4.78, 5) is 19.1. The number of aliphatic hydroxyl groups excluding tert-OH is 2. The fraction of sp³-hybridized carbons (Fsp3) is 0.630. The minimum Gasteiger partial charge on any atom is -0.390 e. The van der Waals surface area contributed by atoms with Gasteiger partial charge in [0.05, 0.1) is 46.2 Å². The van der Waals surface area contributed by atoms with Gasteiger partial charge in [0.2, 0.25) is 5.95 Å². The molecule has 3 aliphatic carbocycles. The summed E-state index contributed by atoms with van der Waals surface area (Å²) in [7, 11) is -3.32. The molecule has 3 aromatic rings. The van der Waals surface area contributed by atoms with Crippen molar-refractivity contribution < 1.29 is 23.4 Å². The number of anilines is 2. The maximum Gasteiger partial charge on any atom is 0.224 e. The number of nitrogens with one attached hydrogen (secondary N) is 2. The van der Waals surface area contributed by atoms with Gasteiger partial charge >= 0.3 is 0 Å².